The van der Waals surface area contributed by atoms with Crippen molar-refractivity contribution in [1.29, 1.82) is 0 Å². The molecule has 1 heterocycles. The molecule has 0 aliphatic rings. The third kappa shape index (κ3) is 11.6. The monoisotopic (exact) mass is 565 g/mol. The molecule has 3 rings (SSSR count). The van der Waals surface area contributed by atoms with Gasteiger partial charge in [0.15, 0.2) is 0 Å². The summed E-state index contributed by atoms with van der Waals surface area (Å²) in [5.74, 6) is 0.793. The van der Waals surface area contributed by atoms with Gasteiger partial charge in [-0.15, -0.1) is 0 Å². The van der Waals surface area contributed by atoms with Gasteiger partial charge in [0.25, 0.3) is 0 Å². The first-order valence-corrected chi connectivity index (χ1v) is 12.5. The van der Waals surface area contributed by atoms with E-state index in [4.69, 9.17) is 0 Å². The maximum Gasteiger partial charge on any atom is -1.00 e. The number of aromatic nitrogens is 1. The molecule has 0 aliphatic carbocycles. The van der Waals surface area contributed by atoms with Gasteiger partial charge < -0.3 is 35.0 Å². The fourth-order valence-corrected chi connectivity index (χ4v) is 4.11. The summed E-state index contributed by atoms with van der Waals surface area (Å²) in [5.41, 5.74) is 8.15. The van der Waals surface area contributed by atoms with E-state index in [2.05, 4.69) is 57.8 Å². The third-order valence-electron chi connectivity index (χ3n) is 5.47. The number of rotatable bonds is 1. The quantitative estimate of drug-likeness (QED) is 0.439. The van der Waals surface area contributed by atoms with E-state index in [0.717, 1.165) is 16.8 Å². The summed E-state index contributed by atoms with van der Waals surface area (Å²) in [6, 6.07) is 13.5. The first-order valence-electron chi connectivity index (χ1n) is 11.6. The van der Waals surface area contributed by atoms with E-state index in [-0.39, 0.29) is 35.6 Å². The number of hydrogen-bond acceptors (Lipinski definition) is 3. The van der Waals surface area contributed by atoms with Crippen molar-refractivity contribution in [1.82, 2.24) is 4.98 Å². The van der Waals surface area contributed by atoms with E-state index in [0.29, 0.717) is 11.5 Å². The molecule has 1 aromatic heterocycles. The Balaban J connectivity index is 0. The van der Waals surface area contributed by atoms with Crippen molar-refractivity contribution in [2.45, 2.75) is 80.1 Å². The fraction of sp³-hybridized carbons (Fsp3) is 0.400. The van der Waals surface area contributed by atoms with Gasteiger partial charge in [-0.2, -0.15) is 0 Å². The largest absolute Gasteiger partial charge is 1.00 e. The minimum Gasteiger partial charge on any atom is -1.00 e. The van der Waals surface area contributed by atoms with Gasteiger partial charge in [0.05, 0.1) is 0 Å². The van der Waals surface area contributed by atoms with Crippen LogP contribution in [0.25, 0.3) is 0 Å². The van der Waals surface area contributed by atoms with Crippen LogP contribution < -0.4 is 24.8 Å². The molecule has 0 bridgehead atoms. The molecule has 6 heteroatoms. The van der Waals surface area contributed by atoms with Gasteiger partial charge in [0.1, 0.15) is 11.5 Å². The number of benzene rings is 2. The molecule has 0 radical (unpaired) electrons. The molecule has 36 heavy (non-hydrogen) atoms. The summed E-state index contributed by atoms with van der Waals surface area (Å²) in [7, 11) is 0. The average Bonchev–Trinajstić information content (AvgIpc) is 2.71. The van der Waals surface area contributed by atoms with Gasteiger partial charge >= 0.3 is 72.2 Å². The smallest absolute Gasteiger partial charge is 1.00 e. The van der Waals surface area contributed by atoms with Gasteiger partial charge in [-0.25, -0.2) is 0 Å². The summed E-state index contributed by atoms with van der Waals surface area (Å²) in [5, 5.41) is 19.1. The van der Waals surface area contributed by atoms with Crippen LogP contribution in [0.4, 0.5) is 0 Å². The molecule has 0 amide bonds. The zero-order valence-electron chi connectivity index (χ0n) is 23.3. The number of hydrogen-bond donors (Lipinski definition) is 2. The van der Waals surface area contributed by atoms with Crippen molar-refractivity contribution >= 4 is 4.31 Å². The molecule has 198 valence electrons. The maximum absolute atomic E-state index is 9.57. The molecular weight excluding hydrogens is 525 g/mol. The topological polar surface area (TPSA) is 53.4 Å². The van der Waals surface area contributed by atoms with E-state index in [9.17, 15) is 10.2 Å². The minimum atomic E-state index is 0. The second-order valence-corrected chi connectivity index (χ2v) is 11.3. The van der Waals surface area contributed by atoms with Crippen LogP contribution in [-0.4, -0.2) is 19.5 Å². The SMILES string of the molecule is Cc1ccc(O)c(C(C)(C)C)c1.Cc1ccc(O)c(C(C)(C)C)c1.Cc1ccnc(C)c1[CH]=[Ti].[Cl-].[Cl-]. The Bertz CT molecular complexity index is 1040. The van der Waals surface area contributed by atoms with Gasteiger partial charge in [-0.05, 0) is 47.9 Å². The second kappa shape index (κ2) is 15.6. The molecule has 0 aliphatic heterocycles. The third-order valence-corrected chi connectivity index (χ3v) is 5.92. The number of aromatic hydroxyl groups is 2. The van der Waals surface area contributed by atoms with Gasteiger partial charge in [0.2, 0.25) is 0 Å². The summed E-state index contributed by atoms with van der Waals surface area (Å²) >= 11 is 2.04. The average molecular weight is 566 g/mol. The Morgan fingerprint density at radius 1 is 0.694 bits per heavy atom. The van der Waals surface area contributed by atoms with Crippen molar-refractivity contribution in [3.8, 4) is 11.5 Å². The van der Waals surface area contributed by atoms with Crippen LogP contribution >= 0.6 is 0 Å². The summed E-state index contributed by atoms with van der Waals surface area (Å²) < 4.78 is 2.09. The van der Waals surface area contributed by atoms with E-state index in [1.54, 1.807) is 12.1 Å². The molecule has 0 unspecified atom stereocenters. The van der Waals surface area contributed by atoms with Crippen LogP contribution in [-0.2, 0) is 30.8 Å². The molecule has 2 N–H and O–H groups in total. The Morgan fingerprint density at radius 3 is 1.33 bits per heavy atom. The predicted octanol–water partition coefficient (Wildman–Crippen LogP) is 1.40. The standard InChI is InChI=1S/2C11H16O.C8H9N.2ClH.Ti/c2*1-8-5-6-10(12)9(7-8)11(2,3)4;1-6-4-5-9-8(3)7(6)2;;;/h2*5-7,12H,1-4H3;2,4-5H,1,3H3;2*1H;/p-2. The molecule has 3 aromatic rings. The Morgan fingerprint density at radius 2 is 1.08 bits per heavy atom. The first-order chi connectivity index (χ1) is 15.6. The molecule has 2 aromatic carbocycles. The van der Waals surface area contributed by atoms with Crippen LogP contribution in [0.15, 0.2) is 48.7 Å². The maximum atomic E-state index is 9.57. The molecule has 0 fully saturated rings. The summed E-state index contributed by atoms with van der Waals surface area (Å²) in [6.07, 6.45) is 1.84. The molecule has 0 saturated heterocycles. The fourth-order valence-electron chi connectivity index (χ4n) is 3.43. The summed E-state index contributed by atoms with van der Waals surface area (Å²) in [6.45, 7) is 20.8. The molecule has 0 saturated carbocycles. The van der Waals surface area contributed by atoms with Crippen LogP contribution in [0.3, 0.4) is 0 Å². The van der Waals surface area contributed by atoms with Crippen LogP contribution in [0.1, 0.15) is 80.6 Å². The Kier molecular flexibility index (Phi) is 15.8. The van der Waals surface area contributed by atoms with E-state index in [1.165, 1.54) is 22.3 Å². The normalized spacial score (nSPS) is 10.4. The van der Waals surface area contributed by atoms with Gasteiger partial charge in [-0.3, -0.25) is 0 Å². The van der Waals surface area contributed by atoms with E-state index in [1.807, 2.05) is 77.3 Å². The van der Waals surface area contributed by atoms with E-state index >= 15 is 0 Å². The van der Waals surface area contributed by atoms with Crippen LogP contribution in [0.5, 0.6) is 11.5 Å². The number of halogens is 2. The molecule has 0 atom stereocenters. The number of pyridine rings is 1. The molecule has 3 nitrogen and oxygen atoms in total. The van der Waals surface area contributed by atoms with Crippen LogP contribution in [0, 0.1) is 27.7 Å². The first kappa shape index (κ1) is 36.5. The van der Waals surface area contributed by atoms with Crippen molar-refractivity contribution in [3.05, 3.63) is 87.7 Å². The zero-order chi connectivity index (χ0) is 26.3. The number of aryl methyl sites for hydroxylation is 4. The summed E-state index contributed by atoms with van der Waals surface area (Å²) in [4.78, 5) is 4.18. The Hall–Kier alpha value is -1.65. The van der Waals surface area contributed by atoms with Crippen LogP contribution in [0.2, 0.25) is 0 Å². The van der Waals surface area contributed by atoms with E-state index < -0.39 is 0 Å². The molecular formula is C30H41Cl2NO2Ti-2. The minimum absolute atomic E-state index is 0. The van der Waals surface area contributed by atoms with Crippen molar-refractivity contribution in [2.24, 2.45) is 0 Å². The van der Waals surface area contributed by atoms with Crippen molar-refractivity contribution in [3.63, 3.8) is 0 Å². The number of phenols is 2. The Labute approximate surface area is 242 Å². The zero-order valence-corrected chi connectivity index (χ0v) is 26.4. The number of phenolic OH excluding ortho intramolecular Hbond substituents is 2. The van der Waals surface area contributed by atoms with Gasteiger partial charge in [-0.1, -0.05) is 76.9 Å². The van der Waals surface area contributed by atoms with Gasteiger partial charge in [0, 0.05) is 0 Å². The van der Waals surface area contributed by atoms with Crippen molar-refractivity contribution in [2.75, 3.05) is 0 Å². The van der Waals surface area contributed by atoms with Crippen molar-refractivity contribution < 1.29 is 55.0 Å². The molecule has 0 spiro atoms. The predicted molar refractivity (Wildman–Crippen MR) is 142 cm³/mol. The second-order valence-electron chi connectivity index (χ2n) is 10.8. The number of nitrogens with zero attached hydrogens (tertiary/aromatic N) is 1.